The number of aromatic nitrogens is 1. The van der Waals surface area contributed by atoms with Gasteiger partial charge in [-0.05, 0) is 12.1 Å². The van der Waals surface area contributed by atoms with Gasteiger partial charge in [0.2, 0.25) is 5.91 Å². The van der Waals surface area contributed by atoms with Crippen molar-refractivity contribution in [3.8, 4) is 12.3 Å². The fourth-order valence-electron chi connectivity index (χ4n) is 0.663. The number of terminal acetylenes is 1. The van der Waals surface area contributed by atoms with Gasteiger partial charge in [-0.2, -0.15) is 0 Å². The van der Waals surface area contributed by atoms with E-state index in [1.54, 1.807) is 0 Å². The number of carbonyl (C=O) groups is 1. The minimum atomic E-state index is -0.496. The van der Waals surface area contributed by atoms with Crippen LogP contribution in [0.3, 0.4) is 0 Å². The van der Waals surface area contributed by atoms with Crippen molar-refractivity contribution < 1.29 is 4.79 Å². The Morgan fingerprint density at radius 1 is 1.73 bits per heavy atom. The monoisotopic (exact) mass is 146 g/mol. The summed E-state index contributed by atoms with van der Waals surface area (Å²) in [5, 5.41) is 0. The smallest absolute Gasteiger partial charge is 0.248 e. The predicted octanol–water partition coefficient (Wildman–Crippen LogP) is 0.162. The number of nitrogens with zero attached hydrogens (tertiary/aromatic N) is 1. The van der Waals surface area contributed by atoms with Gasteiger partial charge in [0.25, 0.3) is 0 Å². The Labute approximate surface area is 64.2 Å². The van der Waals surface area contributed by atoms with Crippen molar-refractivity contribution in [2.45, 2.75) is 0 Å². The highest BCUT2D eigenvalue weighted by molar-refractivity contribution is 5.92. The Morgan fingerprint density at radius 3 is 3.00 bits per heavy atom. The molecule has 0 saturated carbocycles. The molecule has 1 aromatic heterocycles. The summed E-state index contributed by atoms with van der Waals surface area (Å²) in [4.78, 5) is 14.4. The maximum absolute atomic E-state index is 10.6. The van der Waals surface area contributed by atoms with Gasteiger partial charge in [0, 0.05) is 11.8 Å². The van der Waals surface area contributed by atoms with Gasteiger partial charge in [0.05, 0.1) is 0 Å². The van der Waals surface area contributed by atoms with Gasteiger partial charge in [-0.3, -0.25) is 4.79 Å². The van der Waals surface area contributed by atoms with Gasteiger partial charge in [0.15, 0.2) is 0 Å². The van der Waals surface area contributed by atoms with Crippen LogP contribution in [0, 0.1) is 12.3 Å². The molecule has 0 aromatic carbocycles. The molecule has 3 heteroatoms. The number of carbonyl (C=O) groups excluding carboxylic acids is 1. The lowest BCUT2D eigenvalue weighted by Gasteiger charge is -1.93. The number of hydrogen-bond donors (Lipinski definition) is 1. The van der Waals surface area contributed by atoms with E-state index in [0.717, 1.165) is 0 Å². The van der Waals surface area contributed by atoms with E-state index >= 15 is 0 Å². The zero-order valence-corrected chi connectivity index (χ0v) is 5.74. The highest BCUT2D eigenvalue weighted by Crippen LogP contribution is 1.98. The van der Waals surface area contributed by atoms with Crippen LogP contribution in [-0.4, -0.2) is 10.9 Å². The maximum atomic E-state index is 10.6. The van der Waals surface area contributed by atoms with E-state index in [0.29, 0.717) is 11.3 Å². The number of rotatable bonds is 1. The van der Waals surface area contributed by atoms with E-state index in [4.69, 9.17) is 12.2 Å². The number of primary amides is 1. The molecule has 3 nitrogen and oxygen atoms in total. The van der Waals surface area contributed by atoms with Crippen molar-refractivity contribution in [2.24, 2.45) is 5.73 Å². The number of amides is 1. The molecule has 0 radical (unpaired) electrons. The summed E-state index contributed by atoms with van der Waals surface area (Å²) in [7, 11) is 0. The molecule has 0 fully saturated rings. The minimum absolute atomic E-state index is 0.382. The van der Waals surface area contributed by atoms with Crippen molar-refractivity contribution in [1.82, 2.24) is 4.98 Å². The first-order chi connectivity index (χ1) is 5.24. The fourth-order valence-corrected chi connectivity index (χ4v) is 0.663. The second-order valence-electron chi connectivity index (χ2n) is 1.94. The third-order valence-electron chi connectivity index (χ3n) is 1.19. The summed E-state index contributed by atoms with van der Waals surface area (Å²) < 4.78 is 0. The molecule has 0 aliphatic carbocycles. The summed E-state index contributed by atoms with van der Waals surface area (Å²) in [6.07, 6.45) is 6.51. The highest BCUT2D eigenvalue weighted by atomic mass is 16.1. The van der Waals surface area contributed by atoms with Crippen LogP contribution in [0.15, 0.2) is 18.3 Å². The van der Waals surface area contributed by atoms with Crippen LogP contribution in [0.1, 0.15) is 16.1 Å². The van der Waals surface area contributed by atoms with Crippen LogP contribution in [-0.2, 0) is 0 Å². The molecule has 0 unspecified atom stereocenters. The van der Waals surface area contributed by atoms with Crippen LogP contribution >= 0.6 is 0 Å². The van der Waals surface area contributed by atoms with Gasteiger partial charge in [0.1, 0.15) is 5.69 Å². The molecule has 54 valence electrons. The molecule has 0 aliphatic rings. The normalized spacial score (nSPS) is 8.64. The Hall–Kier alpha value is -1.82. The van der Waals surface area contributed by atoms with E-state index in [1.807, 2.05) is 0 Å². The molecule has 1 heterocycles. The highest BCUT2D eigenvalue weighted by Gasteiger charge is 1.99. The third kappa shape index (κ3) is 1.55. The van der Waals surface area contributed by atoms with E-state index in [1.165, 1.54) is 18.3 Å². The Morgan fingerprint density at radius 2 is 2.45 bits per heavy atom. The first-order valence-electron chi connectivity index (χ1n) is 2.96. The lowest BCUT2D eigenvalue weighted by Crippen LogP contribution is -2.11. The second kappa shape index (κ2) is 2.84. The molecule has 0 atom stereocenters. The molecule has 0 spiro atoms. The Balaban J connectivity index is 3.13. The predicted molar refractivity (Wildman–Crippen MR) is 40.7 cm³/mol. The second-order valence-corrected chi connectivity index (χ2v) is 1.94. The summed E-state index contributed by atoms with van der Waals surface area (Å²) in [5.74, 6) is 1.81. The Kier molecular flexibility index (Phi) is 1.88. The number of nitrogens with two attached hydrogens (primary N) is 1. The van der Waals surface area contributed by atoms with Crippen molar-refractivity contribution >= 4 is 5.91 Å². The van der Waals surface area contributed by atoms with Crippen LogP contribution in [0.25, 0.3) is 0 Å². The summed E-state index contributed by atoms with van der Waals surface area (Å²) >= 11 is 0. The van der Waals surface area contributed by atoms with E-state index < -0.39 is 5.91 Å². The van der Waals surface area contributed by atoms with Crippen molar-refractivity contribution in [3.63, 3.8) is 0 Å². The molecular formula is C8H6N2O. The maximum Gasteiger partial charge on any atom is 0.248 e. The van der Waals surface area contributed by atoms with Crippen LogP contribution in [0.4, 0.5) is 0 Å². The van der Waals surface area contributed by atoms with Crippen molar-refractivity contribution in [2.75, 3.05) is 0 Å². The number of pyridine rings is 1. The van der Waals surface area contributed by atoms with E-state index in [-0.39, 0.29) is 0 Å². The lowest BCUT2D eigenvalue weighted by atomic mass is 10.2. The SMILES string of the molecule is C#Cc1cc(C(N)=O)ccn1. The van der Waals surface area contributed by atoms with Crippen LogP contribution in [0.2, 0.25) is 0 Å². The molecule has 11 heavy (non-hydrogen) atoms. The first-order valence-corrected chi connectivity index (χ1v) is 2.96. The quantitative estimate of drug-likeness (QED) is 0.574. The summed E-state index contributed by atoms with van der Waals surface area (Å²) in [5.41, 5.74) is 5.80. The van der Waals surface area contributed by atoms with E-state index in [9.17, 15) is 4.79 Å². The molecule has 0 saturated heterocycles. The van der Waals surface area contributed by atoms with Crippen molar-refractivity contribution in [1.29, 1.82) is 0 Å². The average Bonchev–Trinajstić information content (AvgIpc) is 2.05. The van der Waals surface area contributed by atoms with Crippen LogP contribution < -0.4 is 5.73 Å². The number of hydrogen-bond acceptors (Lipinski definition) is 2. The van der Waals surface area contributed by atoms with Crippen LogP contribution in [0.5, 0.6) is 0 Å². The van der Waals surface area contributed by atoms with Crippen molar-refractivity contribution in [3.05, 3.63) is 29.6 Å². The largest absolute Gasteiger partial charge is 0.366 e. The molecule has 0 bridgehead atoms. The lowest BCUT2D eigenvalue weighted by molar-refractivity contribution is 0.1000. The molecule has 1 rings (SSSR count). The summed E-state index contributed by atoms with van der Waals surface area (Å²) in [6.45, 7) is 0. The Bertz CT molecular complexity index is 325. The van der Waals surface area contributed by atoms with E-state index in [2.05, 4.69) is 10.9 Å². The molecule has 0 aliphatic heterocycles. The minimum Gasteiger partial charge on any atom is -0.366 e. The zero-order chi connectivity index (χ0) is 8.27. The standard InChI is InChI=1S/C8H6N2O/c1-2-7-5-6(8(9)11)3-4-10-7/h1,3-5H,(H2,9,11). The molecule has 1 amide bonds. The topological polar surface area (TPSA) is 56.0 Å². The third-order valence-corrected chi connectivity index (χ3v) is 1.19. The average molecular weight is 146 g/mol. The van der Waals surface area contributed by atoms with Gasteiger partial charge in [-0.1, -0.05) is 5.92 Å². The van der Waals surface area contributed by atoms with Gasteiger partial charge in [-0.15, -0.1) is 6.42 Å². The summed E-state index contributed by atoms with van der Waals surface area (Å²) in [6, 6.07) is 2.99. The molecule has 2 N–H and O–H groups in total. The first kappa shape index (κ1) is 7.29. The van der Waals surface area contributed by atoms with Gasteiger partial charge < -0.3 is 5.73 Å². The molecular weight excluding hydrogens is 140 g/mol. The van der Waals surface area contributed by atoms with Gasteiger partial charge >= 0.3 is 0 Å². The molecule has 1 aromatic rings. The van der Waals surface area contributed by atoms with Gasteiger partial charge in [-0.25, -0.2) is 4.98 Å². The zero-order valence-electron chi connectivity index (χ0n) is 5.74. The fraction of sp³-hybridized carbons (Fsp3) is 0.